The number of aromatic carboxylic acids is 1. The van der Waals surface area contributed by atoms with Gasteiger partial charge < -0.3 is 20.2 Å². The van der Waals surface area contributed by atoms with Gasteiger partial charge in [0.1, 0.15) is 5.76 Å². The van der Waals surface area contributed by atoms with Crippen LogP contribution < -0.4 is 10.6 Å². The molecule has 20 heavy (non-hydrogen) atoms. The number of carbonyl (C=O) groups is 2. The second-order valence-electron chi connectivity index (χ2n) is 4.37. The summed E-state index contributed by atoms with van der Waals surface area (Å²) in [4.78, 5) is 22.2. The van der Waals surface area contributed by atoms with Crippen LogP contribution in [-0.2, 0) is 17.3 Å². The molecule has 1 aromatic rings. The van der Waals surface area contributed by atoms with Crippen LogP contribution in [0.15, 0.2) is 16.5 Å². The van der Waals surface area contributed by atoms with Gasteiger partial charge >= 0.3 is 12.0 Å². The highest BCUT2D eigenvalue weighted by molar-refractivity contribution is 7.84. The summed E-state index contributed by atoms with van der Waals surface area (Å²) in [5.41, 5.74) is 0. The molecule has 0 fully saturated rings. The molecule has 112 valence electrons. The van der Waals surface area contributed by atoms with Gasteiger partial charge in [0, 0.05) is 28.9 Å². The van der Waals surface area contributed by atoms with Crippen LogP contribution in [0.1, 0.15) is 29.7 Å². The van der Waals surface area contributed by atoms with Crippen LogP contribution in [0.2, 0.25) is 0 Å². The van der Waals surface area contributed by atoms with Crippen LogP contribution in [0, 0.1) is 0 Å². The molecule has 0 spiro atoms. The molecule has 1 aromatic heterocycles. The first kappa shape index (κ1) is 16.2. The van der Waals surface area contributed by atoms with Crippen molar-refractivity contribution in [3.05, 3.63) is 23.7 Å². The molecule has 2 amide bonds. The zero-order valence-electron chi connectivity index (χ0n) is 11.3. The Labute approximate surface area is 119 Å². The first-order valence-corrected chi connectivity index (χ1v) is 7.77. The Morgan fingerprint density at radius 2 is 2.15 bits per heavy atom. The highest BCUT2D eigenvalue weighted by atomic mass is 32.2. The number of carbonyl (C=O) groups excluding carboxylic acids is 1. The van der Waals surface area contributed by atoms with Crippen molar-refractivity contribution in [3.63, 3.8) is 0 Å². The van der Waals surface area contributed by atoms with E-state index in [1.165, 1.54) is 12.1 Å². The van der Waals surface area contributed by atoms with E-state index in [9.17, 15) is 13.8 Å². The van der Waals surface area contributed by atoms with Gasteiger partial charge in [-0.25, -0.2) is 9.59 Å². The van der Waals surface area contributed by atoms with Crippen LogP contribution in [0.5, 0.6) is 0 Å². The number of hydrogen-bond acceptors (Lipinski definition) is 4. The Bertz CT molecular complexity index is 500. The van der Waals surface area contributed by atoms with Gasteiger partial charge in [0.15, 0.2) is 0 Å². The van der Waals surface area contributed by atoms with E-state index in [4.69, 9.17) is 9.52 Å². The molecule has 3 N–H and O–H groups in total. The van der Waals surface area contributed by atoms with Crippen LogP contribution in [-0.4, -0.2) is 39.4 Å². The van der Waals surface area contributed by atoms with Crippen LogP contribution in [0.3, 0.4) is 0 Å². The molecule has 0 radical (unpaired) electrons. The Kier molecular flexibility index (Phi) is 6.23. The second-order valence-corrected chi connectivity index (χ2v) is 5.92. The lowest BCUT2D eigenvalue weighted by atomic mass is 10.3. The molecule has 2 unspecified atom stereocenters. The van der Waals surface area contributed by atoms with Crippen molar-refractivity contribution in [2.24, 2.45) is 0 Å². The maximum absolute atomic E-state index is 11.6. The van der Waals surface area contributed by atoms with Gasteiger partial charge in [0.25, 0.3) is 0 Å². The maximum atomic E-state index is 11.6. The molecule has 0 aromatic carbocycles. The van der Waals surface area contributed by atoms with Gasteiger partial charge in [0.2, 0.25) is 5.76 Å². The summed E-state index contributed by atoms with van der Waals surface area (Å²) in [6.45, 7) is 1.92. The third-order valence-corrected chi connectivity index (χ3v) is 3.32. The normalized spacial score (nSPS) is 13.5. The predicted molar refractivity (Wildman–Crippen MR) is 74.1 cm³/mol. The Hall–Kier alpha value is -1.83. The SMILES string of the molecule is CC(CCS(C)=O)NC(=O)NCc1ccc(C(=O)O)o1. The van der Waals surface area contributed by atoms with E-state index in [0.717, 1.165) is 0 Å². The molecule has 0 saturated heterocycles. The van der Waals surface area contributed by atoms with E-state index >= 15 is 0 Å². The standard InChI is InChI=1S/C12H18N2O5S/c1-8(5-6-20(2)18)14-12(17)13-7-9-3-4-10(19-9)11(15)16/h3-4,8H,5-7H2,1-2H3,(H,15,16)(H2,13,14,17). The van der Waals surface area contributed by atoms with Crippen molar-refractivity contribution in [2.75, 3.05) is 12.0 Å². The minimum atomic E-state index is -1.15. The van der Waals surface area contributed by atoms with Crippen molar-refractivity contribution in [3.8, 4) is 0 Å². The van der Waals surface area contributed by atoms with E-state index < -0.39 is 16.8 Å². The zero-order chi connectivity index (χ0) is 15.1. The first-order valence-electron chi connectivity index (χ1n) is 6.05. The van der Waals surface area contributed by atoms with E-state index in [0.29, 0.717) is 17.9 Å². The fourth-order valence-electron chi connectivity index (χ4n) is 1.44. The fraction of sp³-hybridized carbons (Fsp3) is 0.500. The topological polar surface area (TPSA) is 109 Å². The van der Waals surface area contributed by atoms with Crippen LogP contribution >= 0.6 is 0 Å². The minimum absolute atomic E-state index is 0.0925. The minimum Gasteiger partial charge on any atom is -0.475 e. The Morgan fingerprint density at radius 1 is 1.45 bits per heavy atom. The highest BCUT2D eigenvalue weighted by Gasteiger charge is 2.11. The third-order valence-electron chi connectivity index (χ3n) is 2.51. The lowest BCUT2D eigenvalue weighted by Gasteiger charge is -2.13. The number of carboxylic acids is 1. The van der Waals surface area contributed by atoms with E-state index in [-0.39, 0.29) is 24.4 Å². The molecule has 0 aliphatic carbocycles. The quantitative estimate of drug-likeness (QED) is 0.694. The monoisotopic (exact) mass is 302 g/mol. The Morgan fingerprint density at radius 3 is 2.70 bits per heavy atom. The number of nitrogens with one attached hydrogen (secondary N) is 2. The summed E-state index contributed by atoms with van der Waals surface area (Å²) in [6, 6.07) is 2.35. The summed E-state index contributed by atoms with van der Waals surface area (Å²) in [7, 11) is -0.879. The lowest BCUT2D eigenvalue weighted by molar-refractivity contribution is 0.0660. The summed E-state index contributed by atoms with van der Waals surface area (Å²) < 4.78 is 15.9. The van der Waals surface area contributed by atoms with Crippen molar-refractivity contribution in [1.29, 1.82) is 0 Å². The third kappa shape index (κ3) is 5.87. The highest BCUT2D eigenvalue weighted by Crippen LogP contribution is 2.07. The number of carboxylic acid groups (broad SMARTS) is 1. The molecule has 1 heterocycles. The molecular weight excluding hydrogens is 284 g/mol. The van der Waals surface area contributed by atoms with Crippen LogP contribution in [0.4, 0.5) is 4.79 Å². The summed E-state index contributed by atoms with van der Waals surface area (Å²) in [5.74, 6) is -0.426. The average Bonchev–Trinajstić information content (AvgIpc) is 2.83. The molecule has 0 aliphatic heterocycles. The van der Waals surface area contributed by atoms with E-state index in [2.05, 4.69) is 10.6 Å². The van der Waals surface area contributed by atoms with Crippen molar-refractivity contribution >= 4 is 22.8 Å². The second kappa shape index (κ2) is 7.68. The smallest absolute Gasteiger partial charge is 0.371 e. The average molecular weight is 302 g/mol. The van der Waals surface area contributed by atoms with Gasteiger partial charge in [-0.2, -0.15) is 0 Å². The van der Waals surface area contributed by atoms with E-state index in [1.807, 2.05) is 6.92 Å². The summed E-state index contributed by atoms with van der Waals surface area (Å²) >= 11 is 0. The molecule has 0 bridgehead atoms. The molecule has 0 aliphatic rings. The van der Waals surface area contributed by atoms with Gasteiger partial charge in [-0.15, -0.1) is 0 Å². The lowest BCUT2D eigenvalue weighted by Crippen LogP contribution is -2.40. The number of hydrogen-bond donors (Lipinski definition) is 3. The van der Waals surface area contributed by atoms with Gasteiger partial charge in [-0.3, -0.25) is 4.21 Å². The molecule has 8 heteroatoms. The number of amides is 2. The van der Waals surface area contributed by atoms with Crippen molar-refractivity contribution < 1.29 is 23.3 Å². The summed E-state index contributed by atoms with van der Waals surface area (Å²) in [5, 5.41) is 13.9. The first-order chi connectivity index (χ1) is 9.38. The number of rotatable bonds is 7. The molecular formula is C12H18N2O5S. The van der Waals surface area contributed by atoms with Gasteiger partial charge in [-0.1, -0.05) is 0 Å². The number of urea groups is 1. The summed E-state index contributed by atoms with van der Waals surface area (Å²) in [6.07, 6.45) is 2.24. The van der Waals surface area contributed by atoms with Crippen LogP contribution in [0.25, 0.3) is 0 Å². The van der Waals surface area contributed by atoms with E-state index in [1.54, 1.807) is 6.26 Å². The molecule has 0 saturated carbocycles. The van der Waals surface area contributed by atoms with Gasteiger partial charge in [0.05, 0.1) is 6.54 Å². The number of furan rings is 1. The van der Waals surface area contributed by atoms with Gasteiger partial charge in [-0.05, 0) is 25.5 Å². The zero-order valence-corrected chi connectivity index (χ0v) is 12.2. The molecule has 7 nitrogen and oxygen atoms in total. The largest absolute Gasteiger partial charge is 0.475 e. The fourth-order valence-corrected chi connectivity index (χ4v) is 2.13. The molecule has 2 atom stereocenters. The van der Waals surface area contributed by atoms with Crippen molar-refractivity contribution in [2.45, 2.75) is 25.9 Å². The maximum Gasteiger partial charge on any atom is 0.371 e. The predicted octanol–water partition coefficient (Wildman–Crippen LogP) is 0.934. The Balaban J connectivity index is 2.31. The molecule has 1 rings (SSSR count). The van der Waals surface area contributed by atoms with Crippen molar-refractivity contribution in [1.82, 2.24) is 10.6 Å².